The van der Waals surface area contributed by atoms with E-state index in [2.05, 4.69) is 5.32 Å². The average molecular weight is 342 g/mol. The first kappa shape index (κ1) is 16.2. The maximum atomic E-state index is 12.3. The van der Waals surface area contributed by atoms with E-state index in [1.165, 1.54) is 21.4 Å². The smallest absolute Gasteiger partial charge is 0.352 e. The van der Waals surface area contributed by atoms with E-state index in [-0.39, 0.29) is 17.1 Å². The summed E-state index contributed by atoms with van der Waals surface area (Å²) < 4.78 is 2.89. The molecule has 2 aromatic heterocycles. The summed E-state index contributed by atoms with van der Waals surface area (Å²) >= 11 is 0. The Labute approximate surface area is 141 Å². The van der Waals surface area contributed by atoms with Crippen LogP contribution >= 0.6 is 0 Å². The number of anilines is 1. The van der Waals surface area contributed by atoms with E-state index < -0.39 is 16.8 Å². The molecule has 128 valence electrons. The Bertz CT molecular complexity index is 1030. The van der Waals surface area contributed by atoms with Crippen molar-refractivity contribution < 1.29 is 19.6 Å². The van der Waals surface area contributed by atoms with Gasteiger partial charge < -0.3 is 19.6 Å². The molecular formula is C16H14N4O5. The van der Waals surface area contributed by atoms with Gasteiger partial charge >= 0.3 is 5.97 Å². The topological polar surface area (TPSA) is 119 Å². The lowest BCUT2D eigenvalue weighted by Crippen LogP contribution is -2.15. The Balaban J connectivity index is 1.92. The Hall–Kier alpha value is -3.62. The maximum Gasteiger partial charge on any atom is 0.352 e. The second-order valence-electron chi connectivity index (χ2n) is 5.57. The summed E-state index contributed by atoms with van der Waals surface area (Å²) in [4.78, 5) is 33.8. The molecule has 3 rings (SSSR count). The number of carbonyl (C=O) groups is 2. The van der Waals surface area contributed by atoms with Crippen LogP contribution in [0.2, 0.25) is 0 Å². The summed E-state index contributed by atoms with van der Waals surface area (Å²) in [6.07, 6.45) is 1.26. The van der Waals surface area contributed by atoms with E-state index in [0.29, 0.717) is 11.2 Å². The number of benzene rings is 1. The van der Waals surface area contributed by atoms with Gasteiger partial charge in [0, 0.05) is 31.2 Å². The Morgan fingerprint density at radius 3 is 2.48 bits per heavy atom. The zero-order valence-corrected chi connectivity index (χ0v) is 13.4. The van der Waals surface area contributed by atoms with Crippen LogP contribution in [-0.4, -0.2) is 31.0 Å². The largest absolute Gasteiger partial charge is 0.477 e. The first-order valence-corrected chi connectivity index (χ1v) is 7.23. The number of aromatic nitrogens is 2. The highest BCUT2D eigenvalue weighted by atomic mass is 16.6. The fourth-order valence-corrected chi connectivity index (χ4v) is 2.68. The molecule has 9 nitrogen and oxygen atoms in total. The van der Waals surface area contributed by atoms with Crippen LogP contribution in [0.3, 0.4) is 0 Å². The summed E-state index contributed by atoms with van der Waals surface area (Å²) in [5.74, 6) is -1.54. The van der Waals surface area contributed by atoms with Crippen LogP contribution in [-0.2, 0) is 14.1 Å². The van der Waals surface area contributed by atoms with Gasteiger partial charge in [-0.25, -0.2) is 4.79 Å². The van der Waals surface area contributed by atoms with Gasteiger partial charge in [0.25, 0.3) is 11.6 Å². The summed E-state index contributed by atoms with van der Waals surface area (Å²) in [5.41, 5.74) is 1.21. The number of nitro groups is 1. The molecule has 0 saturated heterocycles. The molecule has 0 atom stereocenters. The highest BCUT2D eigenvalue weighted by molar-refractivity contribution is 6.05. The zero-order valence-electron chi connectivity index (χ0n) is 13.4. The minimum atomic E-state index is -1.04. The molecule has 0 aliphatic rings. The van der Waals surface area contributed by atoms with Crippen LogP contribution in [0.25, 0.3) is 10.9 Å². The second-order valence-corrected chi connectivity index (χ2v) is 5.57. The van der Waals surface area contributed by atoms with E-state index in [9.17, 15) is 19.7 Å². The number of carboxylic acids is 1. The Morgan fingerprint density at radius 1 is 1.16 bits per heavy atom. The molecule has 1 aromatic carbocycles. The van der Waals surface area contributed by atoms with Gasteiger partial charge in [-0.3, -0.25) is 14.9 Å². The molecule has 2 heterocycles. The number of fused-ring (bicyclic) bond motifs is 1. The molecule has 0 aliphatic carbocycles. The summed E-state index contributed by atoms with van der Waals surface area (Å²) in [6, 6.07) is 7.73. The highest BCUT2D eigenvalue weighted by Crippen LogP contribution is 2.23. The van der Waals surface area contributed by atoms with Gasteiger partial charge in [0.15, 0.2) is 0 Å². The number of nitrogens with zero attached hydrogens (tertiary/aromatic N) is 3. The molecule has 0 unspecified atom stereocenters. The van der Waals surface area contributed by atoms with Crippen LogP contribution in [0.4, 0.5) is 11.4 Å². The van der Waals surface area contributed by atoms with Gasteiger partial charge in [0.1, 0.15) is 11.4 Å². The van der Waals surface area contributed by atoms with Crippen molar-refractivity contribution in [2.45, 2.75) is 0 Å². The van der Waals surface area contributed by atoms with Crippen LogP contribution in [0.5, 0.6) is 0 Å². The number of hydrogen-bond donors (Lipinski definition) is 2. The molecule has 0 aliphatic heterocycles. The molecule has 0 radical (unpaired) electrons. The highest BCUT2D eigenvalue weighted by Gasteiger charge is 2.18. The quantitative estimate of drug-likeness (QED) is 0.557. The van der Waals surface area contributed by atoms with Gasteiger partial charge in [0.05, 0.1) is 16.6 Å². The standard InChI is InChI=1S/C16H14N4O5/c1-18-8-11(20(24)25)7-13(18)15(21)17-10-4-3-9-5-14(16(22)23)19(2)12(9)6-10/h3-8H,1-2H3,(H,17,21)(H,22,23). The number of nitrogens with one attached hydrogen (secondary N) is 1. The minimum absolute atomic E-state index is 0.136. The molecule has 9 heteroatoms. The predicted octanol–water partition coefficient (Wildman–Crippen LogP) is 2.38. The van der Waals surface area contributed by atoms with E-state index in [4.69, 9.17) is 5.11 Å². The van der Waals surface area contributed by atoms with E-state index in [1.807, 2.05) is 0 Å². The molecule has 1 amide bonds. The van der Waals surface area contributed by atoms with Crippen LogP contribution in [0, 0.1) is 10.1 Å². The fourth-order valence-electron chi connectivity index (χ4n) is 2.68. The van der Waals surface area contributed by atoms with Crippen molar-refractivity contribution in [3.63, 3.8) is 0 Å². The van der Waals surface area contributed by atoms with Crippen molar-refractivity contribution in [3.05, 3.63) is 58.0 Å². The SMILES string of the molecule is Cn1cc([N+](=O)[O-])cc1C(=O)Nc1ccc2cc(C(=O)O)n(C)c2c1. The van der Waals surface area contributed by atoms with Crippen molar-refractivity contribution in [3.8, 4) is 0 Å². The van der Waals surface area contributed by atoms with Crippen LogP contribution in [0.15, 0.2) is 36.5 Å². The number of aromatic carboxylic acids is 1. The first-order chi connectivity index (χ1) is 11.8. The zero-order chi connectivity index (χ0) is 18.3. The summed E-state index contributed by atoms with van der Waals surface area (Å²) in [6.45, 7) is 0. The van der Waals surface area contributed by atoms with Crippen molar-refractivity contribution in [1.82, 2.24) is 9.13 Å². The Morgan fingerprint density at radius 2 is 1.88 bits per heavy atom. The number of hydrogen-bond acceptors (Lipinski definition) is 4. The number of rotatable bonds is 4. The predicted molar refractivity (Wildman–Crippen MR) is 89.9 cm³/mol. The van der Waals surface area contributed by atoms with Gasteiger partial charge in [-0.1, -0.05) is 6.07 Å². The van der Waals surface area contributed by atoms with Crippen molar-refractivity contribution >= 4 is 34.2 Å². The van der Waals surface area contributed by atoms with E-state index in [0.717, 1.165) is 5.39 Å². The van der Waals surface area contributed by atoms with E-state index in [1.54, 1.807) is 38.4 Å². The monoisotopic (exact) mass is 342 g/mol. The summed E-state index contributed by atoms with van der Waals surface area (Å²) in [7, 11) is 3.17. The minimum Gasteiger partial charge on any atom is -0.477 e. The van der Waals surface area contributed by atoms with Crippen molar-refractivity contribution in [2.75, 3.05) is 5.32 Å². The molecule has 0 saturated carbocycles. The number of carbonyl (C=O) groups excluding carboxylic acids is 1. The van der Waals surface area contributed by atoms with Gasteiger partial charge in [0.2, 0.25) is 0 Å². The fraction of sp³-hybridized carbons (Fsp3) is 0.125. The van der Waals surface area contributed by atoms with Crippen LogP contribution < -0.4 is 5.32 Å². The molecule has 0 spiro atoms. The van der Waals surface area contributed by atoms with E-state index >= 15 is 0 Å². The van der Waals surface area contributed by atoms with Crippen LogP contribution in [0.1, 0.15) is 21.0 Å². The van der Waals surface area contributed by atoms with Crippen molar-refractivity contribution in [1.29, 1.82) is 0 Å². The van der Waals surface area contributed by atoms with Gasteiger partial charge in [-0.05, 0) is 18.2 Å². The third kappa shape index (κ3) is 2.82. The number of carboxylic acid groups (broad SMARTS) is 1. The molecule has 2 N–H and O–H groups in total. The van der Waals surface area contributed by atoms with Crippen molar-refractivity contribution in [2.24, 2.45) is 14.1 Å². The molecule has 25 heavy (non-hydrogen) atoms. The average Bonchev–Trinajstić information content (AvgIpc) is 3.09. The lowest BCUT2D eigenvalue weighted by molar-refractivity contribution is -0.384. The van der Waals surface area contributed by atoms with Gasteiger partial charge in [-0.15, -0.1) is 0 Å². The molecule has 3 aromatic rings. The third-order valence-electron chi connectivity index (χ3n) is 3.96. The normalized spacial score (nSPS) is 10.8. The number of amides is 1. The first-order valence-electron chi connectivity index (χ1n) is 7.23. The lowest BCUT2D eigenvalue weighted by Gasteiger charge is -2.07. The molecule has 0 bridgehead atoms. The lowest BCUT2D eigenvalue weighted by atomic mass is 10.2. The molecular weight excluding hydrogens is 328 g/mol. The Kier molecular flexibility index (Phi) is 3.76. The second kappa shape index (κ2) is 5.78. The number of aryl methyl sites for hydroxylation is 2. The van der Waals surface area contributed by atoms with Gasteiger partial charge in [-0.2, -0.15) is 0 Å². The summed E-state index contributed by atoms with van der Waals surface area (Å²) in [5, 5.41) is 23.4. The maximum absolute atomic E-state index is 12.3. The molecule has 0 fully saturated rings. The third-order valence-corrected chi connectivity index (χ3v) is 3.96.